The lowest BCUT2D eigenvalue weighted by molar-refractivity contribution is 0.130. The molecule has 2 heterocycles. The number of nitrogens with one attached hydrogen (secondary N) is 1. The van der Waals surface area contributed by atoms with Crippen molar-refractivity contribution in [3.05, 3.63) is 18.0 Å². The van der Waals surface area contributed by atoms with Crippen LogP contribution in [0.4, 0.5) is 4.79 Å². The maximum absolute atomic E-state index is 12.5. The summed E-state index contributed by atoms with van der Waals surface area (Å²) in [6.45, 7) is 4.12. The minimum absolute atomic E-state index is 0.108. The number of piperazine rings is 1. The lowest BCUT2D eigenvalue weighted by atomic mass is 9.95. The van der Waals surface area contributed by atoms with E-state index in [-0.39, 0.29) is 6.03 Å². The summed E-state index contributed by atoms with van der Waals surface area (Å²) in [5.41, 5.74) is 0.952. The Labute approximate surface area is 141 Å². The van der Waals surface area contributed by atoms with Crippen molar-refractivity contribution < 1.29 is 9.32 Å². The summed E-state index contributed by atoms with van der Waals surface area (Å²) in [7, 11) is 0. The zero-order chi connectivity index (χ0) is 16.1. The van der Waals surface area contributed by atoms with Crippen LogP contribution in [0.25, 0.3) is 0 Å². The maximum Gasteiger partial charge on any atom is 0.317 e. The molecule has 0 unspecified atom stereocenters. The molecule has 3 rings (SSSR count). The lowest BCUT2D eigenvalue weighted by Crippen LogP contribution is -2.55. The second-order valence-electron chi connectivity index (χ2n) is 6.37. The van der Waals surface area contributed by atoms with E-state index in [1.807, 2.05) is 22.7 Å². The van der Waals surface area contributed by atoms with Crippen molar-refractivity contribution >= 4 is 17.8 Å². The second-order valence-corrected chi connectivity index (χ2v) is 7.45. The Balaban J connectivity index is 1.44. The molecule has 0 bridgehead atoms. The summed E-state index contributed by atoms with van der Waals surface area (Å²) in [5.74, 6) is 0. The number of carbonyl (C=O) groups is 1. The highest BCUT2D eigenvalue weighted by Crippen LogP contribution is 2.27. The van der Waals surface area contributed by atoms with E-state index in [1.165, 1.54) is 19.3 Å². The van der Waals surface area contributed by atoms with Gasteiger partial charge in [0.2, 0.25) is 0 Å². The van der Waals surface area contributed by atoms with Gasteiger partial charge in [0.1, 0.15) is 6.26 Å². The van der Waals surface area contributed by atoms with Crippen LogP contribution in [0.3, 0.4) is 0 Å². The van der Waals surface area contributed by atoms with Gasteiger partial charge in [-0.25, -0.2) is 4.79 Å². The third kappa shape index (κ3) is 4.41. The zero-order valence-corrected chi connectivity index (χ0v) is 14.6. The number of hydrogen-bond donors (Lipinski definition) is 1. The molecule has 1 N–H and O–H groups in total. The minimum atomic E-state index is 0.108. The van der Waals surface area contributed by atoms with Crippen LogP contribution < -0.4 is 5.32 Å². The summed E-state index contributed by atoms with van der Waals surface area (Å²) >= 11 is 1.89. The molecule has 1 aliphatic heterocycles. The molecule has 0 spiro atoms. The van der Waals surface area contributed by atoms with Crippen molar-refractivity contribution in [3.8, 4) is 0 Å². The van der Waals surface area contributed by atoms with Gasteiger partial charge < -0.3 is 14.7 Å². The third-order valence-corrected chi connectivity index (χ3v) is 6.02. The van der Waals surface area contributed by atoms with E-state index in [0.717, 1.165) is 44.8 Å². The average molecular weight is 338 g/mol. The van der Waals surface area contributed by atoms with Gasteiger partial charge in [-0.3, -0.25) is 4.90 Å². The molecule has 1 saturated heterocycles. The van der Waals surface area contributed by atoms with Crippen LogP contribution in [0, 0.1) is 0 Å². The average Bonchev–Trinajstić information content (AvgIpc) is 3.09. The fourth-order valence-corrected chi connectivity index (χ4v) is 4.39. The summed E-state index contributed by atoms with van der Waals surface area (Å²) < 4.78 is 4.87. The minimum Gasteiger partial charge on any atom is -0.364 e. The highest BCUT2D eigenvalue weighted by Gasteiger charge is 2.28. The molecule has 2 aliphatic rings. The molecule has 2 fully saturated rings. The van der Waals surface area contributed by atoms with E-state index < -0.39 is 0 Å². The number of thioether (sulfide) groups is 1. The van der Waals surface area contributed by atoms with E-state index in [2.05, 4.69) is 21.6 Å². The van der Waals surface area contributed by atoms with Gasteiger partial charge in [-0.2, -0.15) is 11.8 Å². The van der Waals surface area contributed by atoms with Crippen LogP contribution in [-0.4, -0.2) is 64.7 Å². The molecule has 0 aromatic carbocycles. The molecule has 128 valence electrons. The molecule has 1 saturated carbocycles. The first-order chi connectivity index (χ1) is 11.3. The van der Waals surface area contributed by atoms with Gasteiger partial charge >= 0.3 is 6.03 Å². The highest BCUT2D eigenvalue weighted by molar-refractivity contribution is 7.99. The van der Waals surface area contributed by atoms with Crippen LogP contribution in [-0.2, 0) is 6.54 Å². The normalized spacial score (nSPS) is 26.2. The highest BCUT2D eigenvalue weighted by atomic mass is 32.2. The fraction of sp³-hybridized carbons (Fsp3) is 0.750. The summed E-state index contributed by atoms with van der Waals surface area (Å²) in [6.07, 6.45) is 8.61. The van der Waals surface area contributed by atoms with E-state index in [9.17, 15) is 4.79 Å². The molecular weight excluding hydrogens is 312 g/mol. The van der Waals surface area contributed by atoms with Crippen LogP contribution in [0.15, 0.2) is 16.9 Å². The number of aromatic nitrogens is 1. The Kier molecular flexibility index (Phi) is 5.83. The van der Waals surface area contributed by atoms with Gasteiger partial charge in [0.25, 0.3) is 0 Å². The molecule has 1 aromatic heterocycles. The van der Waals surface area contributed by atoms with E-state index in [1.54, 1.807) is 6.26 Å². The Morgan fingerprint density at radius 2 is 2.13 bits per heavy atom. The molecule has 23 heavy (non-hydrogen) atoms. The topological polar surface area (TPSA) is 61.6 Å². The van der Waals surface area contributed by atoms with Crippen LogP contribution in [0.2, 0.25) is 0 Å². The van der Waals surface area contributed by atoms with Crippen molar-refractivity contribution in [2.24, 2.45) is 0 Å². The second kappa shape index (κ2) is 8.06. The van der Waals surface area contributed by atoms with Crippen molar-refractivity contribution in [1.82, 2.24) is 20.3 Å². The van der Waals surface area contributed by atoms with Gasteiger partial charge in [-0.1, -0.05) is 18.0 Å². The largest absolute Gasteiger partial charge is 0.364 e. The lowest BCUT2D eigenvalue weighted by Gasteiger charge is -2.37. The smallest absolute Gasteiger partial charge is 0.317 e. The molecule has 6 nitrogen and oxygen atoms in total. The van der Waals surface area contributed by atoms with Crippen LogP contribution in [0.5, 0.6) is 0 Å². The van der Waals surface area contributed by atoms with Gasteiger partial charge in [0.05, 0.1) is 5.69 Å². The number of carbonyl (C=O) groups excluding carboxylic acids is 1. The Hall–Kier alpha value is -1.21. The Bertz CT molecular complexity index is 488. The number of urea groups is 1. The van der Waals surface area contributed by atoms with Crippen molar-refractivity contribution in [2.45, 2.75) is 43.5 Å². The summed E-state index contributed by atoms with van der Waals surface area (Å²) in [4.78, 5) is 16.8. The number of hydrogen-bond acceptors (Lipinski definition) is 5. The van der Waals surface area contributed by atoms with Crippen LogP contribution in [0.1, 0.15) is 31.4 Å². The first-order valence-electron chi connectivity index (χ1n) is 8.46. The van der Waals surface area contributed by atoms with E-state index >= 15 is 0 Å². The van der Waals surface area contributed by atoms with E-state index in [0.29, 0.717) is 11.3 Å². The van der Waals surface area contributed by atoms with Gasteiger partial charge in [-0.15, -0.1) is 0 Å². The molecule has 1 aromatic rings. The molecule has 1 aliphatic carbocycles. The fourth-order valence-electron chi connectivity index (χ4n) is 3.45. The maximum atomic E-state index is 12.5. The summed E-state index contributed by atoms with van der Waals surface area (Å²) in [5, 5.41) is 7.79. The monoisotopic (exact) mass is 338 g/mol. The van der Waals surface area contributed by atoms with E-state index in [4.69, 9.17) is 4.52 Å². The third-order valence-electron chi connectivity index (χ3n) is 4.85. The number of nitrogens with zero attached hydrogens (tertiary/aromatic N) is 3. The van der Waals surface area contributed by atoms with Crippen molar-refractivity contribution in [3.63, 3.8) is 0 Å². The zero-order valence-electron chi connectivity index (χ0n) is 13.7. The van der Waals surface area contributed by atoms with Crippen LogP contribution >= 0.6 is 11.8 Å². The molecule has 2 atom stereocenters. The Morgan fingerprint density at radius 1 is 1.35 bits per heavy atom. The SMILES string of the molecule is CS[C@H]1CCCC[C@H]1NC(=O)N1CCN(Cc2ccon2)CC1. The van der Waals surface area contributed by atoms with Gasteiger partial charge in [0, 0.05) is 50.1 Å². The molecular formula is C16H26N4O2S. The number of amides is 2. The predicted octanol–water partition coefficient (Wildman–Crippen LogP) is 2.18. The predicted molar refractivity (Wildman–Crippen MR) is 91.4 cm³/mol. The van der Waals surface area contributed by atoms with Crippen molar-refractivity contribution in [2.75, 3.05) is 32.4 Å². The first-order valence-corrected chi connectivity index (χ1v) is 9.75. The van der Waals surface area contributed by atoms with Gasteiger partial charge in [0.15, 0.2) is 0 Å². The quantitative estimate of drug-likeness (QED) is 0.912. The summed E-state index contributed by atoms with van der Waals surface area (Å²) in [6, 6.07) is 2.33. The molecule has 0 radical (unpaired) electrons. The van der Waals surface area contributed by atoms with Gasteiger partial charge in [-0.05, 0) is 19.1 Å². The first kappa shape index (κ1) is 16.6. The standard InChI is InChI=1S/C16H26N4O2S/c1-23-15-5-3-2-4-14(15)17-16(21)20-9-7-19(8-10-20)12-13-6-11-22-18-13/h6,11,14-15H,2-5,7-10,12H2,1H3,(H,17,21)/t14-,15+/m1/s1. The molecule has 2 amide bonds. The molecule has 7 heteroatoms. The number of rotatable bonds is 4. The Morgan fingerprint density at radius 3 is 2.83 bits per heavy atom. The van der Waals surface area contributed by atoms with Crippen molar-refractivity contribution in [1.29, 1.82) is 0 Å².